The van der Waals surface area contributed by atoms with Crippen LogP contribution >= 0.6 is 0 Å². The molecule has 7 nitrogen and oxygen atoms in total. The smallest absolute Gasteiger partial charge is 0.407 e. The Labute approximate surface area is 118 Å². The molecule has 0 saturated carbocycles. The number of hydrogen-bond acceptors (Lipinski definition) is 6. The number of anilines is 1. The number of nitrogens with zero attached hydrogens (tertiary/aromatic N) is 3. The summed E-state index contributed by atoms with van der Waals surface area (Å²) < 4.78 is 4.60. The summed E-state index contributed by atoms with van der Waals surface area (Å²) in [5.41, 5.74) is 0.936. The summed E-state index contributed by atoms with van der Waals surface area (Å²) in [6.07, 6.45) is 4.10. The van der Waals surface area contributed by atoms with E-state index in [1.54, 1.807) is 12.4 Å². The molecule has 1 aromatic rings. The van der Waals surface area contributed by atoms with E-state index in [0.717, 1.165) is 44.1 Å². The van der Waals surface area contributed by atoms with Crippen LogP contribution < -0.4 is 10.6 Å². The first-order valence-corrected chi connectivity index (χ1v) is 6.83. The maximum Gasteiger partial charge on any atom is 0.407 e. The highest BCUT2D eigenvalue weighted by atomic mass is 16.5. The summed E-state index contributed by atoms with van der Waals surface area (Å²) in [6.45, 7) is 5.35. The fourth-order valence-electron chi connectivity index (χ4n) is 2.26. The minimum Gasteiger partial charge on any atom is -0.453 e. The number of rotatable bonds is 5. The molecule has 7 heteroatoms. The van der Waals surface area contributed by atoms with E-state index >= 15 is 0 Å². The monoisotopic (exact) mass is 279 g/mol. The first-order valence-electron chi connectivity index (χ1n) is 6.83. The van der Waals surface area contributed by atoms with Crippen molar-refractivity contribution in [2.24, 2.45) is 0 Å². The van der Waals surface area contributed by atoms with Crippen molar-refractivity contribution in [2.75, 3.05) is 32.1 Å². The highest BCUT2D eigenvalue weighted by molar-refractivity contribution is 5.67. The Kier molecular flexibility index (Phi) is 5.11. The molecule has 1 fully saturated rings. The third-order valence-electron chi connectivity index (χ3n) is 3.23. The molecule has 0 spiro atoms. The third kappa shape index (κ3) is 4.06. The van der Waals surface area contributed by atoms with Crippen LogP contribution in [0.4, 0.5) is 10.6 Å². The Morgan fingerprint density at radius 3 is 3.00 bits per heavy atom. The van der Waals surface area contributed by atoms with Gasteiger partial charge in [-0.25, -0.2) is 9.78 Å². The lowest BCUT2D eigenvalue weighted by Gasteiger charge is -2.15. The number of carbonyl (C=O) groups is 1. The maximum absolute atomic E-state index is 11.2. The van der Waals surface area contributed by atoms with E-state index in [2.05, 4.69) is 30.2 Å². The topological polar surface area (TPSA) is 79.4 Å². The highest BCUT2D eigenvalue weighted by Gasteiger charge is 2.24. The molecule has 110 valence electrons. The number of methoxy groups -OCH3 is 1. The van der Waals surface area contributed by atoms with Gasteiger partial charge in [0.05, 0.1) is 25.2 Å². The number of nitrogens with one attached hydrogen (secondary N) is 2. The molecule has 2 heterocycles. The van der Waals surface area contributed by atoms with Crippen molar-refractivity contribution in [2.45, 2.75) is 25.9 Å². The first kappa shape index (κ1) is 14.5. The molecular weight excluding hydrogens is 258 g/mol. The van der Waals surface area contributed by atoms with Crippen molar-refractivity contribution in [3.63, 3.8) is 0 Å². The van der Waals surface area contributed by atoms with E-state index in [1.807, 2.05) is 6.92 Å². The number of amides is 1. The molecule has 2 N–H and O–H groups in total. The lowest BCUT2D eigenvalue weighted by molar-refractivity contribution is 0.166. The fourth-order valence-corrected chi connectivity index (χ4v) is 2.26. The Bertz CT molecular complexity index is 437. The summed E-state index contributed by atoms with van der Waals surface area (Å²) in [5.74, 6) is 0.794. The zero-order valence-corrected chi connectivity index (χ0v) is 11.9. The summed E-state index contributed by atoms with van der Waals surface area (Å²) in [4.78, 5) is 22.1. The summed E-state index contributed by atoms with van der Waals surface area (Å²) >= 11 is 0. The van der Waals surface area contributed by atoms with Crippen molar-refractivity contribution in [1.29, 1.82) is 0 Å². The molecule has 2 rings (SSSR count). The molecule has 1 atom stereocenters. The number of alkyl carbamates (subject to hydrolysis) is 1. The van der Waals surface area contributed by atoms with Crippen molar-refractivity contribution in [3.8, 4) is 0 Å². The van der Waals surface area contributed by atoms with Gasteiger partial charge in [-0.1, -0.05) is 0 Å². The van der Waals surface area contributed by atoms with Crippen LogP contribution in [0.3, 0.4) is 0 Å². The lowest BCUT2D eigenvalue weighted by atomic mass is 10.3. The van der Waals surface area contributed by atoms with Crippen molar-refractivity contribution < 1.29 is 9.53 Å². The Hall–Kier alpha value is -1.89. The Balaban J connectivity index is 1.81. The molecule has 0 aliphatic carbocycles. The molecule has 0 bridgehead atoms. The van der Waals surface area contributed by atoms with Gasteiger partial charge in [-0.15, -0.1) is 0 Å². The average Bonchev–Trinajstić information content (AvgIpc) is 2.88. The van der Waals surface area contributed by atoms with Gasteiger partial charge in [-0.3, -0.25) is 9.88 Å². The van der Waals surface area contributed by atoms with Gasteiger partial charge in [0.15, 0.2) is 0 Å². The number of carbonyl (C=O) groups excluding carboxylic acids is 1. The van der Waals surface area contributed by atoms with Crippen LogP contribution in [0.5, 0.6) is 0 Å². The molecule has 1 aliphatic heterocycles. The van der Waals surface area contributed by atoms with E-state index in [4.69, 9.17) is 0 Å². The molecule has 1 aromatic heterocycles. The number of hydrogen-bond donors (Lipinski definition) is 2. The van der Waals surface area contributed by atoms with Crippen molar-refractivity contribution in [1.82, 2.24) is 20.2 Å². The van der Waals surface area contributed by atoms with Crippen LogP contribution in [0.2, 0.25) is 0 Å². The van der Waals surface area contributed by atoms with Crippen LogP contribution in [0.25, 0.3) is 0 Å². The predicted molar refractivity (Wildman–Crippen MR) is 75.4 cm³/mol. The quantitative estimate of drug-likeness (QED) is 0.831. The van der Waals surface area contributed by atoms with E-state index < -0.39 is 0 Å². The SMILES string of the molecule is CCNc1cnc(CN2CCC(NC(=O)OC)C2)cn1. The Morgan fingerprint density at radius 1 is 1.50 bits per heavy atom. The predicted octanol–water partition coefficient (Wildman–Crippen LogP) is 0.839. The second-order valence-electron chi connectivity index (χ2n) is 4.78. The van der Waals surface area contributed by atoms with E-state index in [1.165, 1.54) is 7.11 Å². The first-order chi connectivity index (χ1) is 9.71. The van der Waals surface area contributed by atoms with Crippen LogP contribution in [-0.4, -0.2) is 53.7 Å². The van der Waals surface area contributed by atoms with Gasteiger partial charge in [0, 0.05) is 32.2 Å². The maximum atomic E-state index is 11.2. The molecule has 1 amide bonds. The fraction of sp³-hybridized carbons (Fsp3) is 0.615. The standard InChI is InChI=1S/C13H21N5O2/c1-3-14-12-7-15-11(6-16-12)9-18-5-4-10(8-18)17-13(19)20-2/h6-7,10H,3-5,8-9H2,1-2H3,(H,14,16)(H,17,19). The van der Waals surface area contributed by atoms with Gasteiger partial charge < -0.3 is 15.4 Å². The highest BCUT2D eigenvalue weighted by Crippen LogP contribution is 2.12. The zero-order valence-electron chi connectivity index (χ0n) is 11.9. The number of aromatic nitrogens is 2. The molecule has 1 aliphatic rings. The van der Waals surface area contributed by atoms with Gasteiger partial charge in [-0.2, -0.15) is 0 Å². The van der Waals surface area contributed by atoms with Crippen LogP contribution in [0, 0.1) is 0 Å². The summed E-state index contributed by atoms with van der Waals surface area (Å²) in [5, 5.41) is 5.94. The molecule has 20 heavy (non-hydrogen) atoms. The zero-order chi connectivity index (χ0) is 14.4. The van der Waals surface area contributed by atoms with Crippen molar-refractivity contribution >= 4 is 11.9 Å². The van der Waals surface area contributed by atoms with E-state index in [0.29, 0.717) is 0 Å². The molecule has 0 radical (unpaired) electrons. The molecule has 1 unspecified atom stereocenters. The van der Waals surface area contributed by atoms with Crippen molar-refractivity contribution in [3.05, 3.63) is 18.1 Å². The third-order valence-corrected chi connectivity index (χ3v) is 3.23. The molecule has 0 aromatic carbocycles. The second-order valence-corrected chi connectivity index (χ2v) is 4.78. The average molecular weight is 279 g/mol. The lowest BCUT2D eigenvalue weighted by Crippen LogP contribution is -2.36. The van der Waals surface area contributed by atoms with Crippen LogP contribution in [0.15, 0.2) is 12.4 Å². The van der Waals surface area contributed by atoms with E-state index in [9.17, 15) is 4.79 Å². The normalized spacial score (nSPS) is 18.8. The molecule has 1 saturated heterocycles. The number of ether oxygens (including phenoxy) is 1. The summed E-state index contributed by atoms with van der Waals surface area (Å²) in [7, 11) is 1.38. The van der Waals surface area contributed by atoms with Gasteiger partial charge >= 0.3 is 6.09 Å². The minimum atomic E-state index is -0.369. The van der Waals surface area contributed by atoms with E-state index in [-0.39, 0.29) is 12.1 Å². The van der Waals surface area contributed by atoms with Gasteiger partial charge in [0.1, 0.15) is 5.82 Å². The van der Waals surface area contributed by atoms with Gasteiger partial charge in [-0.05, 0) is 13.3 Å². The minimum absolute atomic E-state index is 0.149. The molecular formula is C13H21N5O2. The largest absolute Gasteiger partial charge is 0.453 e. The summed E-state index contributed by atoms with van der Waals surface area (Å²) in [6, 6.07) is 0.149. The number of likely N-dealkylation sites (tertiary alicyclic amines) is 1. The van der Waals surface area contributed by atoms with Crippen LogP contribution in [0.1, 0.15) is 19.0 Å². The second kappa shape index (κ2) is 7.04. The van der Waals surface area contributed by atoms with Crippen LogP contribution in [-0.2, 0) is 11.3 Å². The van der Waals surface area contributed by atoms with Gasteiger partial charge in [0.25, 0.3) is 0 Å². The Morgan fingerprint density at radius 2 is 2.35 bits per heavy atom. The van der Waals surface area contributed by atoms with Gasteiger partial charge in [0.2, 0.25) is 0 Å².